The predicted octanol–water partition coefficient (Wildman–Crippen LogP) is 4.47. The molecular formula is C21H25N3O. The maximum atomic E-state index is 13.2. The zero-order valence-corrected chi connectivity index (χ0v) is 15.2. The molecule has 1 saturated heterocycles. The van der Waals surface area contributed by atoms with Crippen LogP contribution in [0.15, 0.2) is 47.3 Å². The second kappa shape index (κ2) is 6.17. The Morgan fingerprint density at radius 2 is 2.20 bits per heavy atom. The Kier molecular flexibility index (Phi) is 3.98. The Balaban J connectivity index is 1.62. The number of fused-ring (bicyclic) bond motifs is 2. The molecule has 2 aliphatic rings. The number of hydrogen-bond donors (Lipinski definition) is 1. The number of allylic oxidation sites excluding steroid dienone is 2. The molecular weight excluding hydrogens is 310 g/mol. The molecule has 1 aliphatic heterocycles. The van der Waals surface area contributed by atoms with Crippen molar-refractivity contribution < 1.29 is 4.79 Å². The van der Waals surface area contributed by atoms with Crippen LogP contribution in [0.4, 0.5) is 0 Å². The van der Waals surface area contributed by atoms with E-state index in [2.05, 4.69) is 41.7 Å². The van der Waals surface area contributed by atoms with Gasteiger partial charge in [0.2, 0.25) is 0 Å². The minimum Gasteiger partial charge on any atom is -0.345 e. The van der Waals surface area contributed by atoms with Crippen molar-refractivity contribution >= 4 is 16.9 Å². The summed E-state index contributed by atoms with van der Waals surface area (Å²) in [5.41, 5.74) is 6.82. The number of aromatic nitrogens is 2. The van der Waals surface area contributed by atoms with E-state index in [0.29, 0.717) is 12.0 Å². The molecule has 1 aromatic carbocycles. The number of hydrogen-bond acceptors (Lipinski definition) is 2. The fourth-order valence-electron chi connectivity index (χ4n) is 4.45. The van der Waals surface area contributed by atoms with E-state index >= 15 is 0 Å². The lowest BCUT2D eigenvalue weighted by atomic mass is 9.86. The van der Waals surface area contributed by atoms with Gasteiger partial charge in [0.15, 0.2) is 0 Å². The molecule has 0 saturated carbocycles. The molecule has 0 spiro atoms. The predicted molar refractivity (Wildman–Crippen MR) is 100 cm³/mol. The van der Waals surface area contributed by atoms with Gasteiger partial charge in [0.25, 0.3) is 5.91 Å². The average molecular weight is 335 g/mol. The Morgan fingerprint density at radius 1 is 1.36 bits per heavy atom. The Labute approximate surface area is 148 Å². The summed E-state index contributed by atoms with van der Waals surface area (Å²) in [6.07, 6.45) is 7.26. The third-order valence-corrected chi connectivity index (χ3v) is 5.56. The van der Waals surface area contributed by atoms with E-state index in [4.69, 9.17) is 0 Å². The van der Waals surface area contributed by atoms with Crippen LogP contribution in [0, 0.1) is 5.92 Å². The van der Waals surface area contributed by atoms with Crippen LogP contribution < -0.4 is 0 Å². The summed E-state index contributed by atoms with van der Waals surface area (Å²) >= 11 is 0. The first-order valence-electron chi connectivity index (χ1n) is 9.13. The molecule has 0 bridgehead atoms. The highest BCUT2D eigenvalue weighted by atomic mass is 16.2. The number of carbonyl (C=O) groups excluding carboxylic acids is 1. The average Bonchev–Trinajstić information content (AvgIpc) is 3.18. The largest absolute Gasteiger partial charge is 0.345 e. The molecule has 1 aromatic heterocycles. The number of amides is 1. The van der Waals surface area contributed by atoms with Crippen molar-refractivity contribution in [3.63, 3.8) is 0 Å². The summed E-state index contributed by atoms with van der Waals surface area (Å²) in [5, 5.41) is 0. The minimum atomic E-state index is 0.150. The third-order valence-electron chi connectivity index (χ3n) is 5.56. The van der Waals surface area contributed by atoms with Gasteiger partial charge in [-0.15, -0.1) is 0 Å². The monoisotopic (exact) mass is 335 g/mol. The summed E-state index contributed by atoms with van der Waals surface area (Å²) < 4.78 is 0. The molecule has 1 aliphatic carbocycles. The van der Waals surface area contributed by atoms with E-state index in [1.807, 2.05) is 18.2 Å². The lowest BCUT2D eigenvalue weighted by molar-refractivity contribution is 0.0564. The molecule has 2 unspecified atom stereocenters. The lowest BCUT2D eigenvalue weighted by Crippen LogP contribution is -2.47. The van der Waals surface area contributed by atoms with Crippen molar-refractivity contribution in [2.24, 2.45) is 5.92 Å². The summed E-state index contributed by atoms with van der Waals surface area (Å²) in [6.45, 7) is 7.39. The first-order valence-corrected chi connectivity index (χ1v) is 9.13. The van der Waals surface area contributed by atoms with Crippen LogP contribution in [-0.4, -0.2) is 33.4 Å². The maximum Gasteiger partial charge on any atom is 0.254 e. The summed E-state index contributed by atoms with van der Waals surface area (Å²) in [4.78, 5) is 22.7. The maximum absolute atomic E-state index is 13.2. The van der Waals surface area contributed by atoms with Gasteiger partial charge >= 0.3 is 0 Å². The van der Waals surface area contributed by atoms with E-state index in [0.717, 1.165) is 36.0 Å². The second-order valence-corrected chi connectivity index (χ2v) is 7.61. The van der Waals surface area contributed by atoms with Crippen LogP contribution in [-0.2, 0) is 0 Å². The van der Waals surface area contributed by atoms with Crippen LogP contribution in [0.5, 0.6) is 0 Å². The Hall–Kier alpha value is -2.36. The zero-order chi connectivity index (χ0) is 17.6. The van der Waals surface area contributed by atoms with Gasteiger partial charge in [-0.25, -0.2) is 4.98 Å². The van der Waals surface area contributed by atoms with Crippen LogP contribution in [0.3, 0.4) is 0 Å². The smallest absolute Gasteiger partial charge is 0.254 e. The van der Waals surface area contributed by atoms with Gasteiger partial charge in [0, 0.05) is 24.1 Å². The van der Waals surface area contributed by atoms with Gasteiger partial charge in [-0.3, -0.25) is 4.79 Å². The van der Waals surface area contributed by atoms with Crippen molar-refractivity contribution in [3.8, 4) is 0 Å². The Bertz CT molecular complexity index is 885. The van der Waals surface area contributed by atoms with E-state index in [9.17, 15) is 4.79 Å². The number of nitrogens with zero attached hydrogens (tertiary/aromatic N) is 2. The highest BCUT2D eigenvalue weighted by Crippen LogP contribution is 2.42. The van der Waals surface area contributed by atoms with E-state index in [1.165, 1.54) is 23.1 Å². The van der Waals surface area contributed by atoms with E-state index in [1.54, 1.807) is 6.33 Å². The number of aromatic amines is 1. The molecule has 2 atom stereocenters. The van der Waals surface area contributed by atoms with Crippen molar-refractivity contribution in [2.75, 3.05) is 6.54 Å². The summed E-state index contributed by atoms with van der Waals surface area (Å²) in [7, 11) is 0. The summed E-state index contributed by atoms with van der Waals surface area (Å²) in [5.74, 6) is 0.640. The zero-order valence-electron chi connectivity index (χ0n) is 15.2. The molecule has 2 aromatic rings. The quantitative estimate of drug-likeness (QED) is 0.880. The van der Waals surface area contributed by atoms with Crippen LogP contribution in [0.25, 0.3) is 11.0 Å². The first kappa shape index (κ1) is 16.1. The summed E-state index contributed by atoms with van der Waals surface area (Å²) in [6, 6.07) is 6.07. The normalized spacial score (nSPS) is 23.1. The number of piperidine rings is 1. The number of benzene rings is 1. The Morgan fingerprint density at radius 3 is 3.00 bits per heavy atom. The van der Waals surface area contributed by atoms with Crippen LogP contribution in [0.1, 0.15) is 50.4 Å². The highest BCUT2D eigenvalue weighted by molar-refractivity contribution is 5.97. The number of rotatable bonds is 2. The number of imidazole rings is 1. The fraction of sp³-hybridized carbons (Fsp3) is 0.429. The van der Waals surface area contributed by atoms with Crippen molar-refractivity contribution in [2.45, 2.75) is 46.1 Å². The molecule has 4 heteroatoms. The van der Waals surface area contributed by atoms with Gasteiger partial charge in [-0.1, -0.05) is 17.2 Å². The standard InChI is InChI=1S/C21H25N3O/c1-13(2)9-17-14(3)10-20-16(17)5-4-8-24(20)21(25)15-6-7-18-19(11-15)23-12-22-18/h6-7,9,11-12,16,20H,4-5,8,10H2,1-3H3,(H,22,23). The van der Waals surface area contributed by atoms with Crippen molar-refractivity contribution in [1.82, 2.24) is 14.9 Å². The minimum absolute atomic E-state index is 0.150. The first-order chi connectivity index (χ1) is 12.0. The molecule has 1 N–H and O–H groups in total. The van der Waals surface area contributed by atoms with Crippen molar-refractivity contribution in [3.05, 3.63) is 52.9 Å². The van der Waals surface area contributed by atoms with Crippen molar-refractivity contribution in [1.29, 1.82) is 0 Å². The third kappa shape index (κ3) is 2.80. The number of likely N-dealkylation sites (tertiary alicyclic amines) is 1. The molecule has 25 heavy (non-hydrogen) atoms. The molecule has 130 valence electrons. The second-order valence-electron chi connectivity index (χ2n) is 7.61. The van der Waals surface area contributed by atoms with Gasteiger partial charge < -0.3 is 9.88 Å². The van der Waals surface area contributed by atoms with Gasteiger partial charge in [0.05, 0.1) is 17.4 Å². The molecule has 0 radical (unpaired) electrons. The number of H-pyrrole nitrogens is 1. The SMILES string of the molecule is CC(C)=CC1=C(C)CC2C1CCCN2C(=O)c1ccc2nc[nH]c2c1. The van der Waals surface area contributed by atoms with E-state index in [-0.39, 0.29) is 5.91 Å². The van der Waals surface area contributed by atoms with E-state index < -0.39 is 0 Å². The van der Waals surface area contributed by atoms with Crippen LogP contribution >= 0.6 is 0 Å². The lowest BCUT2D eigenvalue weighted by Gasteiger charge is -2.39. The molecule has 4 rings (SSSR count). The topological polar surface area (TPSA) is 49.0 Å². The van der Waals surface area contributed by atoms with Gasteiger partial charge in [-0.2, -0.15) is 0 Å². The molecule has 1 fully saturated rings. The number of carbonyl (C=O) groups is 1. The highest BCUT2D eigenvalue weighted by Gasteiger charge is 2.40. The van der Waals surface area contributed by atoms with Gasteiger partial charge in [-0.05, 0) is 63.8 Å². The van der Waals surface area contributed by atoms with Gasteiger partial charge in [0.1, 0.15) is 0 Å². The van der Waals surface area contributed by atoms with Crippen LogP contribution in [0.2, 0.25) is 0 Å². The number of nitrogens with one attached hydrogen (secondary N) is 1. The fourth-order valence-corrected chi connectivity index (χ4v) is 4.45. The molecule has 1 amide bonds. The molecule has 4 nitrogen and oxygen atoms in total. The molecule has 2 heterocycles.